The molecular weight excluding hydrogens is 297 g/mol. The molecule has 0 aliphatic carbocycles. The second-order valence-electron chi connectivity index (χ2n) is 3.36. The minimum absolute atomic E-state index is 0.419. The maximum absolute atomic E-state index is 3.33. The van der Waals surface area contributed by atoms with Gasteiger partial charge in [-0.05, 0) is 60.7 Å². The molecule has 15 heavy (non-hydrogen) atoms. The first-order valence-corrected chi connectivity index (χ1v) is 6.18. The Morgan fingerprint density at radius 2 is 2.00 bits per heavy atom. The van der Waals surface area contributed by atoms with E-state index in [-0.39, 0.29) is 0 Å². The molecule has 0 heterocycles. The van der Waals surface area contributed by atoms with Crippen LogP contribution >= 0.6 is 22.6 Å². The van der Waals surface area contributed by atoms with Crippen molar-refractivity contribution in [3.05, 3.63) is 33.4 Å². The molecule has 0 aromatic heterocycles. The van der Waals surface area contributed by atoms with Gasteiger partial charge in [-0.1, -0.05) is 12.1 Å². The van der Waals surface area contributed by atoms with Crippen LogP contribution < -0.4 is 5.32 Å². The summed E-state index contributed by atoms with van der Waals surface area (Å²) < 4.78 is 1.28. The Kier molecular flexibility index (Phi) is 5.74. The van der Waals surface area contributed by atoms with E-state index in [2.05, 4.69) is 64.0 Å². The first-order chi connectivity index (χ1) is 7.27. The van der Waals surface area contributed by atoms with Gasteiger partial charge in [0.2, 0.25) is 0 Å². The van der Waals surface area contributed by atoms with Crippen LogP contribution in [0.4, 0.5) is 0 Å². The highest BCUT2D eigenvalue weighted by Crippen LogP contribution is 2.18. The molecule has 0 aliphatic rings. The van der Waals surface area contributed by atoms with Crippen molar-refractivity contribution in [2.45, 2.75) is 25.8 Å². The van der Waals surface area contributed by atoms with Crippen LogP contribution in [0.3, 0.4) is 0 Å². The topological polar surface area (TPSA) is 12.0 Å². The molecule has 0 spiro atoms. The van der Waals surface area contributed by atoms with Crippen molar-refractivity contribution in [3.8, 4) is 11.8 Å². The second kappa shape index (κ2) is 6.86. The molecule has 2 heteroatoms. The van der Waals surface area contributed by atoms with Crippen molar-refractivity contribution in [1.29, 1.82) is 0 Å². The number of rotatable bonds is 4. The highest BCUT2D eigenvalue weighted by Gasteiger charge is 2.07. The van der Waals surface area contributed by atoms with Crippen LogP contribution in [0.25, 0.3) is 0 Å². The van der Waals surface area contributed by atoms with E-state index < -0.39 is 0 Å². The smallest absolute Gasteiger partial charge is 0.0326 e. The number of benzene rings is 1. The molecule has 1 aromatic carbocycles. The quantitative estimate of drug-likeness (QED) is 0.664. The van der Waals surface area contributed by atoms with Crippen molar-refractivity contribution in [2.75, 3.05) is 7.05 Å². The van der Waals surface area contributed by atoms with E-state index in [0.29, 0.717) is 6.04 Å². The highest BCUT2D eigenvalue weighted by molar-refractivity contribution is 14.1. The van der Waals surface area contributed by atoms with Crippen LogP contribution in [0.5, 0.6) is 0 Å². The Balaban J connectivity index is 2.64. The summed E-state index contributed by atoms with van der Waals surface area (Å²) >= 11 is 2.32. The SMILES string of the molecule is CC#CCCC(NC)c1ccc(I)cc1. The molecule has 1 unspecified atom stereocenters. The largest absolute Gasteiger partial charge is 0.313 e. The van der Waals surface area contributed by atoms with E-state index in [1.165, 1.54) is 9.13 Å². The minimum Gasteiger partial charge on any atom is -0.313 e. The molecular formula is C13H16IN. The van der Waals surface area contributed by atoms with Crippen molar-refractivity contribution in [1.82, 2.24) is 5.32 Å². The first kappa shape index (κ1) is 12.5. The van der Waals surface area contributed by atoms with Gasteiger partial charge in [0.1, 0.15) is 0 Å². The second-order valence-corrected chi connectivity index (χ2v) is 4.60. The molecule has 0 aliphatic heterocycles. The van der Waals surface area contributed by atoms with Crippen molar-refractivity contribution in [3.63, 3.8) is 0 Å². The van der Waals surface area contributed by atoms with Gasteiger partial charge >= 0.3 is 0 Å². The van der Waals surface area contributed by atoms with Crippen molar-refractivity contribution < 1.29 is 0 Å². The van der Waals surface area contributed by atoms with Crippen LogP contribution in [-0.2, 0) is 0 Å². The predicted molar refractivity (Wildman–Crippen MR) is 73.6 cm³/mol. The molecule has 0 amide bonds. The molecule has 1 N–H and O–H groups in total. The van der Waals surface area contributed by atoms with E-state index in [9.17, 15) is 0 Å². The third-order valence-corrected chi connectivity index (χ3v) is 3.07. The Morgan fingerprint density at radius 3 is 2.53 bits per heavy atom. The summed E-state index contributed by atoms with van der Waals surface area (Å²) in [4.78, 5) is 0. The lowest BCUT2D eigenvalue weighted by molar-refractivity contribution is 0.558. The lowest BCUT2D eigenvalue weighted by Crippen LogP contribution is -2.15. The summed E-state index contributed by atoms with van der Waals surface area (Å²) in [5.41, 5.74) is 1.34. The fourth-order valence-electron chi connectivity index (χ4n) is 1.51. The lowest BCUT2D eigenvalue weighted by Gasteiger charge is -2.15. The van der Waals surface area contributed by atoms with Crippen molar-refractivity contribution in [2.24, 2.45) is 0 Å². The average molecular weight is 313 g/mol. The normalized spacial score (nSPS) is 11.7. The summed E-state index contributed by atoms with van der Waals surface area (Å²) in [7, 11) is 2.00. The zero-order valence-electron chi connectivity index (χ0n) is 9.18. The zero-order valence-corrected chi connectivity index (χ0v) is 11.3. The van der Waals surface area contributed by atoms with Gasteiger partial charge in [0.05, 0.1) is 0 Å². The van der Waals surface area contributed by atoms with Gasteiger partial charge in [0.25, 0.3) is 0 Å². The third kappa shape index (κ3) is 4.23. The van der Waals surface area contributed by atoms with Gasteiger partial charge in [-0.25, -0.2) is 0 Å². The van der Waals surface area contributed by atoms with Gasteiger partial charge in [-0.15, -0.1) is 11.8 Å². The first-order valence-electron chi connectivity index (χ1n) is 5.10. The van der Waals surface area contributed by atoms with E-state index in [1.807, 2.05) is 14.0 Å². The molecule has 0 fully saturated rings. The molecule has 0 radical (unpaired) electrons. The van der Waals surface area contributed by atoms with Gasteiger partial charge in [0, 0.05) is 16.0 Å². The Morgan fingerprint density at radius 1 is 1.33 bits per heavy atom. The van der Waals surface area contributed by atoms with Crippen LogP contribution in [0.2, 0.25) is 0 Å². The molecule has 0 saturated heterocycles. The summed E-state index contributed by atoms with van der Waals surface area (Å²) in [5.74, 6) is 6.03. The summed E-state index contributed by atoms with van der Waals surface area (Å²) in [5, 5.41) is 3.33. The lowest BCUT2D eigenvalue weighted by atomic mass is 10.0. The molecule has 80 valence electrons. The number of hydrogen-bond acceptors (Lipinski definition) is 1. The van der Waals surface area contributed by atoms with Gasteiger partial charge in [-0.3, -0.25) is 0 Å². The van der Waals surface area contributed by atoms with E-state index in [1.54, 1.807) is 0 Å². The number of nitrogens with one attached hydrogen (secondary N) is 1. The van der Waals surface area contributed by atoms with E-state index in [0.717, 1.165) is 12.8 Å². The van der Waals surface area contributed by atoms with Gasteiger partial charge < -0.3 is 5.32 Å². The van der Waals surface area contributed by atoms with Gasteiger partial charge in [-0.2, -0.15) is 0 Å². The maximum atomic E-state index is 3.33. The van der Waals surface area contributed by atoms with Crippen LogP contribution in [-0.4, -0.2) is 7.05 Å². The molecule has 1 aromatic rings. The van der Waals surface area contributed by atoms with Gasteiger partial charge in [0.15, 0.2) is 0 Å². The number of hydrogen-bond donors (Lipinski definition) is 1. The molecule has 1 rings (SSSR count). The fraction of sp³-hybridized carbons (Fsp3) is 0.385. The predicted octanol–water partition coefficient (Wildman–Crippen LogP) is 3.36. The van der Waals surface area contributed by atoms with Crippen molar-refractivity contribution >= 4 is 22.6 Å². The summed E-state index contributed by atoms with van der Waals surface area (Å²) in [6.45, 7) is 1.89. The molecule has 0 bridgehead atoms. The maximum Gasteiger partial charge on any atom is 0.0326 e. The fourth-order valence-corrected chi connectivity index (χ4v) is 1.87. The standard InChI is InChI=1S/C13H16IN/c1-3-4-5-6-13(15-2)11-7-9-12(14)10-8-11/h7-10,13,15H,5-6H2,1-2H3. The molecule has 1 atom stereocenters. The van der Waals surface area contributed by atoms with E-state index in [4.69, 9.17) is 0 Å². The Labute approximate surface area is 106 Å². The third-order valence-electron chi connectivity index (χ3n) is 2.36. The average Bonchev–Trinajstić information content (AvgIpc) is 2.26. The van der Waals surface area contributed by atoms with Crippen LogP contribution in [0, 0.1) is 15.4 Å². The minimum atomic E-state index is 0.419. The highest BCUT2D eigenvalue weighted by atomic mass is 127. The molecule has 1 nitrogen and oxygen atoms in total. The van der Waals surface area contributed by atoms with Crippen LogP contribution in [0.15, 0.2) is 24.3 Å². The van der Waals surface area contributed by atoms with E-state index >= 15 is 0 Å². The summed E-state index contributed by atoms with van der Waals surface area (Å²) in [6.07, 6.45) is 2.02. The van der Waals surface area contributed by atoms with Crippen LogP contribution in [0.1, 0.15) is 31.4 Å². The number of halogens is 1. The Bertz CT molecular complexity index is 345. The summed E-state index contributed by atoms with van der Waals surface area (Å²) in [6, 6.07) is 9.07. The molecule has 0 saturated carbocycles. The Hall–Kier alpha value is -0.530. The monoisotopic (exact) mass is 313 g/mol. The zero-order chi connectivity index (χ0) is 11.1.